The van der Waals surface area contributed by atoms with E-state index in [-0.39, 0.29) is 0 Å². The molecule has 0 saturated heterocycles. The summed E-state index contributed by atoms with van der Waals surface area (Å²) in [7, 11) is 1.97. The zero-order valence-electron chi connectivity index (χ0n) is 28.3. The number of aromatic nitrogens is 2. The third kappa shape index (κ3) is 5.39. The first kappa shape index (κ1) is 31.3. The van der Waals surface area contributed by atoms with Gasteiger partial charge in [-0.1, -0.05) is 123 Å². The van der Waals surface area contributed by atoms with Crippen LogP contribution in [-0.4, -0.2) is 22.3 Å². The maximum absolute atomic E-state index is 4.84. The first-order chi connectivity index (χ1) is 25.2. The Labute approximate surface area is 304 Å². The molecule has 0 unspecified atom stereocenters. The summed E-state index contributed by atoms with van der Waals surface area (Å²) in [6, 6.07) is 43.5. The van der Waals surface area contributed by atoms with Crippen molar-refractivity contribution >= 4 is 78.4 Å². The number of hydrogen-bond acceptors (Lipinski definition) is 7. The highest BCUT2D eigenvalue weighted by Gasteiger charge is 2.26. The first-order valence-corrected chi connectivity index (χ1v) is 18.8. The van der Waals surface area contributed by atoms with Gasteiger partial charge in [0.15, 0.2) is 0 Å². The number of benzene rings is 7. The quantitative estimate of drug-likeness (QED) is 0.147. The summed E-state index contributed by atoms with van der Waals surface area (Å²) in [5, 5.41) is 11.9. The number of rotatable bonds is 9. The Morgan fingerprint density at radius 1 is 0.529 bits per heavy atom. The van der Waals surface area contributed by atoms with Crippen LogP contribution in [0.2, 0.25) is 0 Å². The third-order valence-corrected chi connectivity index (χ3v) is 10.9. The van der Waals surface area contributed by atoms with Crippen LogP contribution < -0.4 is 10.6 Å². The van der Waals surface area contributed by atoms with Gasteiger partial charge in [-0.15, -0.1) is 0 Å². The largest absolute Gasteiger partial charge is 0.388 e. The van der Waals surface area contributed by atoms with Crippen LogP contribution in [0, 0.1) is 0 Å². The van der Waals surface area contributed by atoms with E-state index in [0.29, 0.717) is 0 Å². The van der Waals surface area contributed by atoms with Gasteiger partial charge in [-0.3, -0.25) is 0 Å². The average molecular weight is 699 g/mol. The normalized spacial score (nSPS) is 12.0. The smallest absolute Gasteiger partial charge is 0.115 e. The minimum Gasteiger partial charge on any atom is -0.388 e. The predicted octanol–water partition coefficient (Wildman–Crippen LogP) is 12.6. The number of anilines is 2. The van der Waals surface area contributed by atoms with Crippen molar-refractivity contribution in [3.8, 4) is 44.5 Å². The Bertz CT molecular complexity index is 2670. The van der Waals surface area contributed by atoms with E-state index < -0.39 is 0 Å². The number of fused-ring (bicyclic) bond motifs is 4. The number of nitrogens with zero attached hydrogens (tertiary/aromatic N) is 4. The van der Waals surface area contributed by atoms with Crippen molar-refractivity contribution in [2.24, 2.45) is 8.73 Å². The molecule has 0 aliphatic carbocycles. The van der Waals surface area contributed by atoms with E-state index >= 15 is 0 Å². The zero-order chi connectivity index (χ0) is 34.3. The zero-order valence-corrected chi connectivity index (χ0v) is 29.9. The Hall–Kier alpha value is -5.70. The Kier molecular flexibility index (Phi) is 8.10. The molecular weight excluding hydrogens is 665 g/mol. The number of unbranched alkanes of at least 4 members (excludes halogenated alkanes) is 1. The molecule has 2 N–H and O–H groups in total. The highest BCUT2D eigenvalue weighted by atomic mass is 32.1. The molecule has 9 rings (SSSR count). The summed E-state index contributed by atoms with van der Waals surface area (Å²) < 4.78 is 19.4. The van der Waals surface area contributed by atoms with Gasteiger partial charge < -0.3 is 10.6 Å². The highest BCUT2D eigenvalue weighted by Crippen LogP contribution is 2.52. The maximum atomic E-state index is 4.84. The van der Waals surface area contributed by atoms with Crippen LogP contribution in [-0.2, 0) is 11.4 Å². The van der Waals surface area contributed by atoms with Crippen LogP contribution in [0.4, 0.5) is 22.7 Å². The van der Waals surface area contributed by atoms with E-state index in [1.165, 1.54) is 73.4 Å². The molecule has 6 nitrogen and oxygen atoms in total. The molecule has 8 heteroatoms. The molecular formula is C43H34N6S2. The molecule has 7 aromatic carbocycles. The minimum absolute atomic E-state index is 0.855. The lowest BCUT2D eigenvalue weighted by Gasteiger charge is -2.15. The Balaban J connectivity index is 1.09. The molecule has 0 radical (unpaired) electrons. The van der Waals surface area contributed by atoms with Gasteiger partial charge in [0.05, 0.1) is 23.1 Å². The van der Waals surface area contributed by atoms with Crippen LogP contribution in [0.3, 0.4) is 0 Å². The van der Waals surface area contributed by atoms with E-state index in [9.17, 15) is 0 Å². The Morgan fingerprint density at radius 2 is 1.00 bits per heavy atom. The monoisotopic (exact) mass is 698 g/mol. The highest BCUT2D eigenvalue weighted by molar-refractivity contribution is 7.58. The summed E-state index contributed by atoms with van der Waals surface area (Å²) in [6.45, 7) is 3.19. The molecule has 8 aromatic rings. The van der Waals surface area contributed by atoms with Gasteiger partial charge >= 0.3 is 0 Å². The van der Waals surface area contributed by atoms with E-state index in [1.807, 2.05) is 7.05 Å². The van der Waals surface area contributed by atoms with E-state index in [4.69, 9.17) is 17.5 Å². The van der Waals surface area contributed by atoms with Crippen LogP contribution in [0.5, 0.6) is 0 Å². The molecule has 0 amide bonds. The van der Waals surface area contributed by atoms with Gasteiger partial charge in [-0.2, -0.15) is 17.5 Å². The molecule has 0 saturated carbocycles. The van der Waals surface area contributed by atoms with Gasteiger partial charge in [0.25, 0.3) is 0 Å². The van der Waals surface area contributed by atoms with Crippen molar-refractivity contribution in [2.45, 2.75) is 19.8 Å². The molecule has 1 aromatic heterocycles. The van der Waals surface area contributed by atoms with Crippen LogP contribution in [0.25, 0.3) is 77.1 Å². The van der Waals surface area contributed by atoms with Gasteiger partial charge in [0.2, 0.25) is 0 Å². The molecule has 1 aliphatic heterocycles. The summed E-state index contributed by atoms with van der Waals surface area (Å²) in [6.07, 6.45) is 2.32. The van der Waals surface area contributed by atoms with Crippen LogP contribution in [0.15, 0.2) is 130 Å². The molecule has 2 heterocycles. The lowest BCUT2D eigenvalue weighted by molar-refractivity contribution is 0.835. The number of hydrogen-bond donors (Lipinski definition) is 2. The summed E-state index contributed by atoms with van der Waals surface area (Å²) in [5.41, 5.74) is 14.5. The predicted molar refractivity (Wildman–Crippen MR) is 219 cm³/mol. The fourth-order valence-electron chi connectivity index (χ4n) is 7.31. The lowest BCUT2D eigenvalue weighted by Crippen LogP contribution is -2.01. The summed E-state index contributed by atoms with van der Waals surface area (Å²) in [5.74, 6) is 0. The van der Waals surface area contributed by atoms with Crippen molar-refractivity contribution in [3.05, 3.63) is 121 Å². The van der Waals surface area contributed by atoms with Gasteiger partial charge in [-0.25, -0.2) is 0 Å². The van der Waals surface area contributed by atoms with Crippen molar-refractivity contribution in [2.75, 3.05) is 24.2 Å². The van der Waals surface area contributed by atoms with E-state index in [1.54, 1.807) is 0 Å². The van der Waals surface area contributed by atoms with E-state index in [0.717, 1.165) is 68.9 Å². The fraction of sp³-hybridized carbons (Fsp3) is 0.116. The van der Waals surface area contributed by atoms with E-state index in [2.05, 4.69) is 139 Å². The van der Waals surface area contributed by atoms with Gasteiger partial charge in [-0.05, 0) is 62.7 Å². The second-order valence-corrected chi connectivity index (χ2v) is 13.8. The Morgan fingerprint density at radius 3 is 1.51 bits per heavy atom. The lowest BCUT2D eigenvalue weighted by atomic mass is 9.91. The fourth-order valence-corrected chi connectivity index (χ4v) is 8.43. The molecule has 0 bridgehead atoms. The molecule has 0 spiro atoms. The molecule has 0 atom stereocenters. The second kappa shape index (κ2) is 13.2. The molecule has 248 valence electrons. The van der Waals surface area contributed by atoms with Crippen LogP contribution in [0.1, 0.15) is 19.8 Å². The van der Waals surface area contributed by atoms with Crippen LogP contribution >= 0.6 is 11.7 Å². The number of nitrogens with one attached hydrogen (secondary N) is 2. The van der Waals surface area contributed by atoms with Crippen molar-refractivity contribution in [3.63, 3.8) is 0 Å². The first-order valence-electron chi connectivity index (χ1n) is 17.3. The van der Waals surface area contributed by atoms with Crippen molar-refractivity contribution < 1.29 is 0 Å². The topological polar surface area (TPSA) is 74.6 Å². The standard InChI is InChI=1S/C43H34N6S2/c1-3-4-25-45-37-24-22-31(33-10-6-8-12-35(33)37)27-15-19-29(20-16-27)39-42-40(46-50-48-42)38(41-43(39)49-51-47-41)28-17-13-26(14-18-28)30-21-23-36(44-2)34-11-7-5-9-32(30)34/h5-24,44-45H,3-4,25H2,1-2H3. The minimum atomic E-state index is 0.855. The van der Waals surface area contributed by atoms with Crippen molar-refractivity contribution in [1.29, 1.82) is 0 Å². The summed E-state index contributed by atoms with van der Waals surface area (Å²) >= 11 is 2.47. The SMILES string of the molecule is CCCCNc1ccc(-c2ccc(-c3c4c(c(-c5ccc(-c6ccc(NC)c7ccccc67)cc5)c5nsnc35)N=S=N4)cc2)c2ccccc12. The molecule has 1 aliphatic rings. The van der Waals surface area contributed by atoms with Gasteiger partial charge in [0.1, 0.15) is 22.4 Å². The average Bonchev–Trinajstić information content (AvgIpc) is 3.88. The molecule has 51 heavy (non-hydrogen) atoms. The summed E-state index contributed by atoms with van der Waals surface area (Å²) in [4.78, 5) is 0. The third-order valence-electron chi connectivity index (χ3n) is 9.86. The molecule has 0 fully saturated rings. The van der Waals surface area contributed by atoms with Crippen molar-refractivity contribution in [1.82, 2.24) is 8.75 Å². The second-order valence-electron chi connectivity index (χ2n) is 12.8. The van der Waals surface area contributed by atoms with Gasteiger partial charge in [0, 0.05) is 46.9 Å². The maximum Gasteiger partial charge on any atom is 0.115 e.